The number of aromatic nitrogens is 2. The van der Waals surface area contributed by atoms with Crippen LogP contribution in [0.3, 0.4) is 0 Å². The van der Waals surface area contributed by atoms with Gasteiger partial charge in [0.25, 0.3) is 11.8 Å². The number of piperidine rings is 1. The van der Waals surface area contributed by atoms with E-state index in [1.165, 1.54) is 7.11 Å². The lowest BCUT2D eigenvalue weighted by Gasteiger charge is -2.40. The molecule has 1 aromatic heterocycles. The number of nitrogens with zero attached hydrogens (tertiary/aromatic N) is 3. The summed E-state index contributed by atoms with van der Waals surface area (Å²) in [6.45, 7) is 2.87. The number of methoxy groups -OCH3 is 3. The molecule has 5 aliphatic heterocycles. The third-order valence-electron chi connectivity index (χ3n) is 8.60. The third kappa shape index (κ3) is 8.26. The van der Waals surface area contributed by atoms with Crippen molar-refractivity contribution in [2.45, 2.75) is 38.0 Å². The van der Waals surface area contributed by atoms with Gasteiger partial charge in [-0.15, -0.1) is 0 Å². The van der Waals surface area contributed by atoms with E-state index in [0.717, 1.165) is 5.56 Å². The van der Waals surface area contributed by atoms with Crippen LogP contribution in [0.15, 0.2) is 65.2 Å². The van der Waals surface area contributed by atoms with Crippen LogP contribution in [0.4, 0.5) is 0 Å². The minimum atomic E-state index is -1.13. The molecule has 1 fully saturated rings. The highest BCUT2D eigenvalue weighted by molar-refractivity contribution is 5.94. The zero-order valence-electron chi connectivity index (χ0n) is 28.4. The van der Waals surface area contributed by atoms with Gasteiger partial charge < -0.3 is 43.6 Å². The number of carbonyl (C=O) groups excluding carboxylic acids is 2. The Kier molecular flexibility index (Phi) is 11.0. The first kappa shape index (κ1) is 34.5. The number of benzene rings is 3. The number of amides is 2. The number of likely N-dealkylation sites (tertiary alicyclic amines) is 1. The maximum atomic E-state index is 14.0. The smallest absolute Gasteiger partial charge is 0.264 e. The molecule has 4 aromatic rings. The van der Waals surface area contributed by atoms with Crippen molar-refractivity contribution in [2.24, 2.45) is 0 Å². The van der Waals surface area contributed by atoms with Gasteiger partial charge in [-0.25, -0.2) is 0 Å². The Labute approximate surface area is 289 Å². The van der Waals surface area contributed by atoms with Gasteiger partial charge in [-0.1, -0.05) is 11.2 Å². The van der Waals surface area contributed by atoms with Crippen molar-refractivity contribution in [3.63, 3.8) is 0 Å². The molecule has 1 saturated heterocycles. The van der Waals surface area contributed by atoms with E-state index in [1.54, 1.807) is 68.8 Å². The number of rotatable bonds is 7. The van der Waals surface area contributed by atoms with Gasteiger partial charge in [0.05, 0.1) is 33.9 Å². The number of carbonyl (C=O) groups is 2. The SMILES string of the molecule is COCCc1noc(CN2CCC3(CC2)Oc2ccc(cc2)OCCNC(=O)c2ccc(c(OC)c2)Oc2ccc(cc2OC)CNC3=O)n1. The highest BCUT2D eigenvalue weighted by Crippen LogP contribution is 2.38. The van der Waals surface area contributed by atoms with Gasteiger partial charge in [-0.2, -0.15) is 4.98 Å². The van der Waals surface area contributed by atoms with Gasteiger partial charge in [-0.05, 0) is 60.2 Å². The summed E-state index contributed by atoms with van der Waals surface area (Å²) in [5.41, 5.74) is 0.0790. The molecule has 6 heterocycles. The standard InChI is InChI=1S/C36H41N5O9/c1-44-18-12-32-39-33(50-40-32)23-41-16-13-36(14-17-41)35(43)38-22-24-4-10-28(30(20-24)45-2)48-29-11-5-25(21-31(29)46-3)34(42)37-15-19-47-26-6-8-27(49-36)9-7-26/h4-11,20-21H,12-19,22-23H2,1-3H3,(H,37,42)(H,38,43). The quantitative estimate of drug-likeness (QED) is 0.289. The second-order valence-electron chi connectivity index (χ2n) is 11.9. The van der Waals surface area contributed by atoms with Crippen molar-refractivity contribution in [1.29, 1.82) is 0 Å². The van der Waals surface area contributed by atoms with E-state index in [0.29, 0.717) is 97.3 Å². The first-order valence-corrected chi connectivity index (χ1v) is 16.4. The summed E-state index contributed by atoms with van der Waals surface area (Å²) in [5, 5.41) is 9.99. The molecule has 264 valence electrons. The number of fused-ring (bicyclic) bond motifs is 3. The van der Waals surface area contributed by atoms with Gasteiger partial charge in [0, 0.05) is 51.6 Å². The molecule has 0 unspecified atom stereocenters. The van der Waals surface area contributed by atoms with E-state index >= 15 is 0 Å². The van der Waals surface area contributed by atoms with Crippen molar-refractivity contribution in [1.82, 2.24) is 25.7 Å². The number of hydrogen-bond acceptors (Lipinski definition) is 12. The maximum absolute atomic E-state index is 14.0. The second-order valence-corrected chi connectivity index (χ2v) is 11.9. The van der Waals surface area contributed by atoms with Crippen LogP contribution in [-0.4, -0.2) is 86.6 Å². The lowest BCUT2D eigenvalue weighted by Crippen LogP contribution is -2.57. The molecule has 5 aliphatic rings. The average molecular weight is 688 g/mol. The summed E-state index contributed by atoms with van der Waals surface area (Å²) < 4.78 is 40.3. The highest BCUT2D eigenvalue weighted by atomic mass is 16.5. The lowest BCUT2D eigenvalue weighted by atomic mass is 9.89. The number of ether oxygens (including phenoxy) is 6. The van der Waals surface area contributed by atoms with E-state index in [4.69, 9.17) is 32.9 Å². The van der Waals surface area contributed by atoms with Crippen LogP contribution < -0.4 is 34.3 Å². The number of nitrogens with one attached hydrogen (secondary N) is 2. The van der Waals surface area contributed by atoms with E-state index < -0.39 is 5.60 Å². The van der Waals surface area contributed by atoms with E-state index in [9.17, 15) is 9.59 Å². The molecule has 2 amide bonds. The largest absolute Gasteiger partial charge is 0.493 e. The minimum absolute atomic E-state index is 0.227. The number of hydrogen-bond donors (Lipinski definition) is 2. The molecule has 2 N–H and O–H groups in total. The third-order valence-corrected chi connectivity index (χ3v) is 8.60. The Morgan fingerprint density at radius 1 is 0.880 bits per heavy atom. The summed E-state index contributed by atoms with van der Waals surface area (Å²) in [4.78, 5) is 33.5. The molecular formula is C36H41N5O9. The van der Waals surface area contributed by atoms with Crippen LogP contribution >= 0.6 is 0 Å². The molecular weight excluding hydrogens is 646 g/mol. The molecule has 0 radical (unpaired) electrons. The molecule has 9 rings (SSSR count). The van der Waals surface area contributed by atoms with Crippen LogP contribution in [0.25, 0.3) is 0 Å². The molecule has 0 atom stereocenters. The Bertz CT molecular complexity index is 1770. The van der Waals surface area contributed by atoms with Crippen molar-refractivity contribution in [3.05, 3.63) is 83.5 Å². The predicted molar refractivity (Wildman–Crippen MR) is 180 cm³/mol. The summed E-state index contributed by atoms with van der Waals surface area (Å²) in [7, 11) is 4.68. The van der Waals surface area contributed by atoms with Crippen LogP contribution in [0.2, 0.25) is 0 Å². The van der Waals surface area contributed by atoms with Gasteiger partial charge in [-0.3, -0.25) is 14.5 Å². The molecule has 1 spiro atoms. The van der Waals surface area contributed by atoms with Crippen LogP contribution in [0.1, 0.15) is 40.5 Å². The molecule has 14 heteroatoms. The highest BCUT2D eigenvalue weighted by Gasteiger charge is 2.44. The van der Waals surface area contributed by atoms with Crippen LogP contribution in [0, 0.1) is 0 Å². The van der Waals surface area contributed by atoms with Crippen molar-refractivity contribution >= 4 is 11.8 Å². The Morgan fingerprint density at radius 2 is 1.60 bits per heavy atom. The zero-order chi connectivity index (χ0) is 34.9. The fourth-order valence-electron chi connectivity index (χ4n) is 5.81. The predicted octanol–water partition coefficient (Wildman–Crippen LogP) is 3.92. The topological polar surface area (TPSA) is 156 Å². The molecule has 14 nitrogen and oxygen atoms in total. The monoisotopic (exact) mass is 687 g/mol. The van der Waals surface area contributed by atoms with Gasteiger partial charge in [0.15, 0.2) is 34.4 Å². The van der Waals surface area contributed by atoms with Crippen molar-refractivity contribution in [2.75, 3.05) is 54.2 Å². The van der Waals surface area contributed by atoms with Gasteiger partial charge >= 0.3 is 0 Å². The van der Waals surface area contributed by atoms with E-state index in [2.05, 4.69) is 25.7 Å². The Balaban J connectivity index is 1.22. The fourth-order valence-corrected chi connectivity index (χ4v) is 5.81. The summed E-state index contributed by atoms with van der Waals surface area (Å²) >= 11 is 0. The molecule has 3 aromatic carbocycles. The zero-order valence-corrected chi connectivity index (χ0v) is 28.4. The minimum Gasteiger partial charge on any atom is -0.493 e. The van der Waals surface area contributed by atoms with Crippen molar-refractivity contribution < 1.29 is 42.5 Å². The first-order valence-electron chi connectivity index (χ1n) is 16.4. The first-order chi connectivity index (χ1) is 24.4. The van der Waals surface area contributed by atoms with Crippen LogP contribution in [-0.2, 0) is 29.0 Å². The second kappa shape index (κ2) is 15.9. The van der Waals surface area contributed by atoms with Crippen molar-refractivity contribution in [3.8, 4) is 34.5 Å². The maximum Gasteiger partial charge on any atom is 0.264 e. The summed E-state index contributed by atoms with van der Waals surface area (Å²) in [6, 6.07) is 17.5. The average Bonchev–Trinajstić information content (AvgIpc) is 3.60. The molecule has 6 bridgehead atoms. The molecule has 0 saturated carbocycles. The normalized spacial score (nSPS) is 16.6. The Morgan fingerprint density at radius 3 is 2.34 bits per heavy atom. The van der Waals surface area contributed by atoms with Gasteiger partial charge in [0.2, 0.25) is 5.89 Å². The summed E-state index contributed by atoms with van der Waals surface area (Å²) in [5.74, 6) is 3.44. The van der Waals surface area contributed by atoms with Crippen LogP contribution in [0.5, 0.6) is 34.5 Å². The fraction of sp³-hybridized carbons (Fsp3) is 0.389. The van der Waals surface area contributed by atoms with E-state index in [-0.39, 0.29) is 31.5 Å². The molecule has 50 heavy (non-hydrogen) atoms. The molecule has 0 aliphatic carbocycles. The van der Waals surface area contributed by atoms with E-state index in [1.807, 2.05) is 6.07 Å². The Hall–Kier alpha value is -5.34. The summed E-state index contributed by atoms with van der Waals surface area (Å²) in [6.07, 6.45) is 1.43. The van der Waals surface area contributed by atoms with Gasteiger partial charge in [0.1, 0.15) is 18.1 Å². The lowest BCUT2D eigenvalue weighted by molar-refractivity contribution is -0.141.